The zero-order chi connectivity index (χ0) is 16.0. The van der Waals surface area contributed by atoms with Gasteiger partial charge in [0, 0.05) is 23.3 Å². The Labute approximate surface area is 131 Å². The number of nitro benzene ring substituents is 1. The van der Waals surface area contributed by atoms with Crippen molar-refractivity contribution >= 4 is 23.0 Å². The summed E-state index contributed by atoms with van der Waals surface area (Å²) in [6, 6.07) is 8.48. The molecular weight excluding hydrogens is 294 g/mol. The number of hydrogen-bond donors (Lipinski definition) is 0. The molecule has 0 unspecified atom stereocenters. The van der Waals surface area contributed by atoms with Crippen LogP contribution in [0.5, 0.6) is 0 Å². The molecule has 4 rings (SSSR count). The molecule has 1 aliphatic rings. The summed E-state index contributed by atoms with van der Waals surface area (Å²) in [6.07, 6.45) is 5.78. The highest BCUT2D eigenvalue weighted by molar-refractivity contribution is 5.82. The van der Waals surface area contributed by atoms with Crippen molar-refractivity contribution in [1.82, 2.24) is 4.98 Å². The molecule has 0 N–H and O–H groups in total. The lowest BCUT2D eigenvalue weighted by atomic mass is 10.1. The summed E-state index contributed by atoms with van der Waals surface area (Å²) in [4.78, 5) is 14.8. The van der Waals surface area contributed by atoms with E-state index in [0.29, 0.717) is 0 Å². The van der Waals surface area contributed by atoms with E-state index in [2.05, 4.69) is 11.1 Å². The molecule has 3 aromatic rings. The van der Waals surface area contributed by atoms with Gasteiger partial charge in [-0.2, -0.15) is 0 Å². The number of aryl methyl sites for hydroxylation is 2. The smallest absolute Gasteiger partial charge is 0.300 e. The Hall–Kier alpha value is -3.02. The van der Waals surface area contributed by atoms with Gasteiger partial charge < -0.3 is 4.52 Å². The Morgan fingerprint density at radius 3 is 2.83 bits per heavy atom. The average molecular weight is 308 g/mol. The van der Waals surface area contributed by atoms with Crippen molar-refractivity contribution in [3.05, 3.63) is 69.2 Å². The number of fused-ring (bicyclic) bond motifs is 3. The lowest BCUT2D eigenvalue weighted by Crippen LogP contribution is -2.25. The normalized spacial score (nSPS) is 15.3. The third-order valence-electron chi connectivity index (χ3n) is 4.05. The first-order valence-electron chi connectivity index (χ1n) is 7.38. The molecule has 6 heteroatoms. The number of rotatable bonds is 2. The van der Waals surface area contributed by atoms with E-state index in [4.69, 9.17) is 4.52 Å². The molecule has 1 aromatic carbocycles. The monoisotopic (exact) mass is 308 g/mol. The zero-order valence-electron chi connectivity index (χ0n) is 12.5. The Balaban J connectivity index is 1.80. The van der Waals surface area contributed by atoms with Gasteiger partial charge >= 0.3 is 5.65 Å². The number of allylic oxidation sites excluding steroid dienone is 1. The van der Waals surface area contributed by atoms with Crippen LogP contribution in [-0.2, 0) is 6.42 Å². The first-order valence-corrected chi connectivity index (χ1v) is 7.38. The van der Waals surface area contributed by atoms with E-state index in [0.717, 1.165) is 46.6 Å². The second kappa shape index (κ2) is 5.01. The molecule has 0 saturated carbocycles. The summed E-state index contributed by atoms with van der Waals surface area (Å²) in [5.74, 6) is 0.812. The molecule has 0 fully saturated rings. The molecule has 1 aliphatic carbocycles. The number of nitrogens with zero attached hydrogens (tertiary/aromatic N) is 3. The van der Waals surface area contributed by atoms with Gasteiger partial charge in [-0.15, -0.1) is 0 Å². The maximum absolute atomic E-state index is 10.7. The molecule has 114 valence electrons. The van der Waals surface area contributed by atoms with E-state index in [1.807, 2.05) is 19.2 Å². The van der Waals surface area contributed by atoms with Crippen LogP contribution in [0.2, 0.25) is 0 Å². The highest BCUT2D eigenvalue weighted by atomic mass is 16.6. The van der Waals surface area contributed by atoms with Crippen molar-refractivity contribution in [2.75, 3.05) is 0 Å². The molecule has 2 aromatic heterocycles. The quantitative estimate of drug-likeness (QED) is 0.414. The zero-order valence-corrected chi connectivity index (χ0v) is 12.5. The maximum atomic E-state index is 10.7. The Bertz CT molecular complexity index is 955. The van der Waals surface area contributed by atoms with Crippen molar-refractivity contribution in [3.63, 3.8) is 0 Å². The van der Waals surface area contributed by atoms with Gasteiger partial charge in [-0.25, -0.2) is 0 Å². The molecule has 0 radical (unpaired) electrons. The van der Waals surface area contributed by atoms with Crippen LogP contribution >= 0.6 is 0 Å². The van der Waals surface area contributed by atoms with E-state index in [9.17, 15) is 10.1 Å². The predicted molar refractivity (Wildman–Crippen MR) is 83.7 cm³/mol. The fourth-order valence-electron chi connectivity index (χ4n) is 2.98. The highest BCUT2D eigenvalue weighted by Gasteiger charge is 2.28. The third kappa shape index (κ3) is 2.28. The van der Waals surface area contributed by atoms with Crippen molar-refractivity contribution in [1.29, 1.82) is 0 Å². The van der Waals surface area contributed by atoms with Crippen LogP contribution in [0.3, 0.4) is 0 Å². The van der Waals surface area contributed by atoms with Crippen molar-refractivity contribution in [2.45, 2.75) is 19.8 Å². The Morgan fingerprint density at radius 2 is 2.09 bits per heavy atom. The molecule has 0 saturated heterocycles. The van der Waals surface area contributed by atoms with E-state index in [1.54, 1.807) is 16.7 Å². The van der Waals surface area contributed by atoms with Crippen LogP contribution in [0.25, 0.3) is 17.3 Å². The van der Waals surface area contributed by atoms with Crippen LogP contribution in [-0.4, -0.2) is 9.91 Å². The standard InChI is InChI=1S/C17H14N3O3/c1-11-8-16-18-10-14-5-4-13(17(14)19(16)23-11)9-12-2-6-15(7-3-12)20(21)22/h2-3,6-10H,4-5H2,1H3/q+1/b13-9+. The molecule has 0 amide bonds. The maximum Gasteiger partial charge on any atom is 0.366 e. The Morgan fingerprint density at radius 1 is 1.30 bits per heavy atom. The second-order valence-corrected chi connectivity index (χ2v) is 5.65. The summed E-state index contributed by atoms with van der Waals surface area (Å²) in [5, 5.41) is 10.7. The van der Waals surface area contributed by atoms with E-state index in [1.165, 1.54) is 12.1 Å². The van der Waals surface area contributed by atoms with Gasteiger partial charge in [-0.1, -0.05) is 0 Å². The molecule has 0 bridgehead atoms. The largest absolute Gasteiger partial charge is 0.366 e. The first kappa shape index (κ1) is 13.6. The number of benzene rings is 1. The van der Waals surface area contributed by atoms with E-state index >= 15 is 0 Å². The van der Waals surface area contributed by atoms with Crippen molar-refractivity contribution in [3.8, 4) is 0 Å². The molecule has 0 aliphatic heterocycles. The van der Waals surface area contributed by atoms with Crippen LogP contribution in [0.4, 0.5) is 5.69 Å². The number of hydrogen-bond acceptors (Lipinski definition) is 4. The van der Waals surface area contributed by atoms with Gasteiger partial charge in [0.2, 0.25) is 0 Å². The molecule has 2 heterocycles. The minimum absolute atomic E-state index is 0.0987. The van der Waals surface area contributed by atoms with Gasteiger partial charge in [0.25, 0.3) is 5.69 Å². The number of nitro groups is 1. The minimum atomic E-state index is -0.390. The van der Waals surface area contributed by atoms with E-state index in [-0.39, 0.29) is 5.69 Å². The first-order chi connectivity index (χ1) is 11.1. The molecule has 23 heavy (non-hydrogen) atoms. The van der Waals surface area contributed by atoms with Crippen LogP contribution in [0, 0.1) is 17.0 Å². The topological polar surface area (TPSA) is 73.3 Å². The fraction of sp³-hybridized carbons (Fsp3) is 0.176. The summed E-state index contributed by atoms with van der Waals surface area (Å²) >= 11 is 0. The second-order valence-electron chi connectivity index (χ2n) is 5.65. The molecule has 0 spiro atoms. The number of aromatic nitrogens is 2. The van der Waals surface area contributed by atoms with Gasteiger partial charge in [0.1, 0.15) is 6.20 Å². The van der Waals surface area contributed by atoms with Crippen molar-refractivity contribution < 1.29 is 14.0 Å². The van der Waals surface area contributed by atoms with Crippen LogP contribution in [0.1, 0.15) is 29.0 Å². The average Bonchev–Trinajstić information content (AvgIpc) is 3.10. The lowest BCUT2D eigenvalue weighted by Gasteiger charge is -1.99. The number of non-ortho nitro benzene ring substituents is 1. The van der Waals surface area contributed by atoms with Gasteiger partial charge in [0.05, 0.1) is 11.0 Å². The summed E-state index contributed by atoms with van der Waals surface area (Å²) in [5.41, 5.74) is 5.18. The van der Waals surface area contributed by atoms with Crippen LogP contribution < -0.4 is 4.57 Å². The van der Waals surface area contributed by atoms with Crippen molar-refractivity contribution in [2.24, 2.45) is 0 Å². The van der Waals surface area contributed by atoms with Crippen LogP contribution in [0.15, 0.2) is 41.1 Å². The SMILES string of the molecule is Cc1cc2ncc3c([n+]2o1)/C(=C/c1ccc([N+](=O)[O-])cc1)CC3. The molecular formula is C17H14N3O3+. The van der Waals surface area contributed by atoms with Gasteiger partial charge in [-0.05, 0) is 53.1 Å². The van der Waals surface area contributed by atoms with Gasteiger partial charge in [-0.3, -0.25) is 10.1 Å². The highest BCUT2D eigenvalue weighted by Crippen LogP contribution is 2.31. The summed E-state index contributed by atoms with van der Waals surface area (Å²) in [7, 11) is 0. The lowest BCUT2D eigenvalue weighted by molar-refractivity contribution is -0.721. The van der Waals surface area contributed by atoms with E-state index < -0.39 is 4.92 Å². The predicted octanol–water partition coefficient (Wildman–Crippen LogP) is 3.12. The molecule has 6 nitrogen and oxygen atoms in total. The minimum Gasteiger partial charge on any atom is -0.300 e. The Kier molecular flexibility index (Phi) is 2.97. The third-order valence-corrected chi connectivity index (χ3v) is 4.05. The summed E-state index contributed by atoms with van der Waals surface area (Å²) < 4.78 is 7.53. The fourth-order valence-corrected chi connectivity index (χ4v) is 2.98. The summed E-state index contributed by atoms with van der Waals surface area (Å²) in [6.45, 7) is 1.90. The van der Waals surface area contributed by atoms with Gasteiger partial charge in [0.15, 0.2) is 11.5 Å². The molecule has 0 atom stereocenters.